The summed E-state index contributed by atoms with van der Waals surface area (Å²) >= 11 is 0. The Morgan fingerprint density at radius 3 is 2.76 bits per heavy atom. The van der Waals surface area contributed by atoms with E-state index < -0.39 is 42.4 Å². The molecule has 2 aromatic rings. The molecule has 1 unspecified atom stereocenters. The molecule has 3 aliphatic rings. The standard InChI is InChI=1S/C29H37FN4O6Si/c1-18-26(41(2,3)30)25(11-13-35)40-29(18)23-15-22(34(38)39)9-10-24(23)33(28(29)37)17-19-6-4-8-21(14-19)32-27(36)20-7-5-12-31-16-20/h4,6,8-10,14-15,18,20,25-26,31,35H,5,7,11-13,16-17H2,1-3H3,(H,32,36)/t18-,20?,25+,26-,29+/m0/s1. The van der Waals surface area contributed by atoms with Crippen molar-refractivity contribution in [1.82, 2.24) is 5.32 Å². The summed E-state index contributed by atoms with van der Waals surface area (Å²) in [6.07, 6.45) is 1.22. The van der Waals surface area contributed by atoms with Crippen molar-refractivity contribution >= 4 is 37.3 Å². The van der Waals surface area contributed by atoms with E-state index in [2.05, 4.69) is 10.6 Å². The van der Waals surface area contributed by atoms with Gasteiger partial charge in [0.05, 0.1) is 29.2 Å². The van der Waals surface area contributed by atoms with Crippen LogP contribution in [0.25, 0.3) is 0 Å². The molecule has 0 aromatic heterocycles. The minimum absolute atomic E-state index is 0.0599. The predicted octanol–water partition coefficient (Wildman–Crippen LogP) is 4.24. The van der Waals surface area contributed by atoms with Crippen LogP contribution in [0.1, 0.15) is 37.3 Å². The van der Waals surface area contributed by atoms with E-state index in [1.54, 1.807) is 38.2 Å². The summed E-state index contributed by atoms with van der Waals surface area (Å²) in [4.78, 5) is 39.9. The van der Waals surface area contributed by atoms with Crippen LogP contribution in [0.15, 0.2) is 42.5 Å². The molecule has 2 amide bonds. The Hall–Kier alpha value is -3.19. The zero-order valence-electron chi connectivity index (χ0n) is 23.6. The minimum atomic E-state index is -3.39. The van der Waals surface area contributed by atoms with Gasteiger partial charge in [-0.2, -0.15) is 0 Å². The Bertz CT molecular complexity index is 1350. The molecule has 3 N–H and O–H groups in total. The van der Waals surface area contributed by atoms with Crippen LogP contribution >= 0.6 is 0 Å². The number of benzene rings is 2. The van der Waals surface area contributed by atoms with Crippen molar-refractivity contribution in [2.24, 2.45) is 11.8 Å². The van der Waals surface area contributed by atoms with Crippen LogP contribution in [0.3, 0.4) is 0 Å². The molecule has 1 spiro atoms. The number of fused-ring (bicyclic) bond motifs is 2. The van der Waals surface area contributed by atoms with Gasteiger partial charge in [0.1, 0.15) is 0 Å². The number of amides is 2. The number of nitro groups is 1. The summed E-state index contributed by atoms with van der Waals surface area (Å²) in [6.45, 7) is 6.34. The van der Waals surface area contributed by atoms with E-state index in [4.69, 9.17) is 4.74 Å². The first kappa shape index (κ1) is 29.3. The molecule has 5 atom stereocenters. The SMILES string of the molecule is C[C@H]1[C@H]([Si](C)(C)F)[C@@H](CCO)O[C@]12C(=O)N(Cc1cccc(NC(=O)C3CCCNC3)c1)c1ccc([N+](=O)[O-])cc12. The minimum Gasteiger partial charge on any atom is -0.396 e. The Kier molecular flexibility index (Phi) is 8.03. The zero-order chi connectivity index (χ0) is 29.5. The van der Waals surface area contributed by atoms with E-state index in [-0.39, 0.29) is 37.1 Å². The molecule has 10 nitrogen and oxygen atoms in total. The number of anilines is 2. The maximum absolute atomic E-state index is 15.7. The van der Waals surface area contributed by atoms with Gasteiger partial charge in [0.15, 0.2) is 5.60 Å². The monoisotopic (exact) mass is 584 g/mol. The lowest BCUT2D eigenvalue weighted by molar-refractivity contribution is -0.385. The molecule has 3 heterocycles. The number of hydrogen-bond acceptors (Lipinski definition) is 7. The predicted molar refractivity (Wildman–Crippen MR) is 155 cm³/mol. The van der Waals surface area contributed by atoms with Crippen LogP contribution in [0.5, 0.6) is 0 Å². The summed E-state index contributed by atoms with van der Waals surface area (Å²) in [5, 5.41) is 27.7. The lowest BCUT2D eigenvalue weighted by Gasteiger charge is -2.31. The van der Waals surface area contributed by atoms with Crippen LogP contribution in [0, 0.1) is 22.0 Å². The van der Waals surface area contributed by atoms with E-state index in [9.17, 15) is 24.8 Å². The van der Waals surface area contributed by atoms with Gasteiger partial charge in [0, 0.05) is 48.0 Å². The molecule has 220 valence electrons. The molecular weight excluding hydrogens is 547 g/mol. The third-order valence-electron chi connectivity index (χ3n) is 8.77. The average molecular weight is 585 g/mol. The Labute approximate surface area is 239 Å². The number of nitrogens with zero attached hydrogens (tertiary/aromatic N) is 2. The van der Waals surface area contributed by atoms with E-state index >= 15 is 4.11 Å². The maximum atomic E-state index is 15.7. The zero-order valence-corrected chi connectivity index (χ0v) is 24.6. The fourth-order valence-electron chi connectivity index (χ4n) is 6.95. The summed E-state index contributed by atoms with van der Waals surface area (Å²) in [6, 6.07) is 11.5. The van der Waals surface area contributed by atoms with Gasteiger partial charge in [-0.3, -0.25) is 19.7 Å². The molecule has 0 radical (unpaired) electrons. The van der Waals surface area contributed by atoms with Crippen LogP contribution in [-0.2, 0) is 26.5 Å². The van der Waals surface area contributed by atoms with Gasteiger partial charge >= 0.3 is 0 Å². The summed E-state index contributed by atoms with van der Waals surface area (Å²) in [7, 11) is -3.39. The number of non-ortho nitro benzene ring substituents is 1. The lowest BCUT2D eigenvalue weighted by atomic mass is 9.82. The van der Waals surface area contributed by atoms with Crippen LogP contribution in [-0.4, -0.2) is 56.1 Å². The first-order valence-corrected chi connectivity index (χ1v) is 17.1. The number of hydrogen-bond donors (Lipinski definition) is 3. The number of ether oxygens (including phenoxy) is 1. The Morgan fingerprint density at radius 2 is 2.10 bits per heavy atom. The van der Waals surface area contributed by atoms with Gasteiger partial charge in [-0.25, -0.2) is 0 Å². The second-order valence-electron chi connectivity index (χ2n) is 11.9. The molecule has 2 saturated heterocycles. The van der Waals surface area contributed by atoms with E-state index in [1.807, 2.05) is 12.1 Å². The van der Waals surface area contributed by atoms with Crippen molar-refractivity contribution in [3.05, 3.63) is 63.7 Å². The highest BCUT2D eigenvalue weighted by molar-refractivity contribution is 6.72. The molecule has 0 aliphatic carbocycles. The van der Waals surface area contributed by atoms with Crippen LogP contribution in [0.2, 0.25) is 18.6 Å². The largest absolute Gasteiger partial charge is 0.396 e. The molecule has 41 heavy (non-hydrogen) atoms. The number of nitrogens with one attached hydrogen (secondary N) is 2. The van der Waals surface area contributed by atoms with Gasteiger partial charge in [-0.05, 0) is 62.7 Å². The first-order valence-electron chi connectivity index (χ1n) is 14.2. The van der Waals surface area contributed by atoms with Crippen LogP contribution in [0.4, 0.5) is 21.2 Å². The van der Waals surface area contributed by atoms with Crippen molar-refractivity contribution in [2.45, 2.75) is 63.1 Å². The highest BCUT2D eigenvalue weighted by atomic mass is 28.4. The van der Waals surface area contributed by atoms with Crippen molar-refractivity contribution < 1.29 is 28.5 Å². The van der Waals surface area contributed by atoms with Crippen molar-refractivity contribution in [2.75, 3.05) is 29.9 Å². The summed E-state index contributed by atoms with van der Waals surface area (Å²) in [5.41, 5.74) is -0.218. The second-order valence-corrected chi connectivity index (χ2v) is 15.7. The number of aliphatic hydroxyl groups excluding tert-OH is 1. The summed E-state index contributed by atoms with van der Waals surface area (Å²) < 4.78 is 22.1. The number of piperidine rings is 1. The lowest BCUT2D eigenvalue weighted by Crippen LogP contribution is -2.45. The molecular formula is C29H37FN4O6Si. The number of nitro benzene ring substituents is 1. The van der Waals surface area contributed by atoms with Gasteiger partial charge in [0.25, 0.3) is 11.6 Å². The van der Waals surface area contributed by atoms with E-state index in [0.717, 1.165) is 24.9 Å². The number of aliphatic hydroxyl groups is 1. The fourth-order valence-corrected chi connectivity index (χ4v) is 9.50. The average Bonchev–Trinajstić information content (AvgIpc) is 3.36. The van der Waals surface area contributed by atoms with Crippen molar-refractivity contribution in [3.8, 4) is 0 Å². The normalized spacial score (nSPS) is 27.7. The molecule has 3 aliphatic heterocycles. The fraction of sp³-hybridized carbons (Fsp3) is 0.517. The third kappa shape index (κ3) is 5.29. The second kappa shape index (κ2) is 11.2. The molecule has 2 aromatic carbocycles. The van der Waals surface area contributed by atoms with E-state index in [1.165, 1.54) is 17.0 Å². The number of carbonyl (C=O) groups is 2. The number of rotatable bonds is 8. The highest BCUT2D eigenvalue weighted by Crippen LogP contribution is 2.60. The molecule has 5 rings (SSSR count). The number of carbonyl (C=O) groups excluding carboxylic acids is 2. The quantitative estimate of drug-likeness (QED) is 0.183. The van der Waals surface area contributed by atoms with Gasteiger partial charge in [0.2, 0.25) is 14.3 Å². The van der Waals surface area contributed by atoms with Crippen LogP contribution < -0.4 is 15.5 Å². The third-order valence-corrected chi connectivity index (χ3v) is 11.2. The molecule has 2 fully saturated rings. The maximum Gasteiger partial charge on any atom is 0.269 e. The molecule has 0 saturated carbocycles. The van der Waals surface area contributed by atoms with Gasteiger partial charge in [-0.15, -0.1) is 0 Å². The summed E-state index contributed by atoms with van der Waals surface area (Å²) in [5.74, 6) is -1.19. The van der Waals surface area contributed by atoms with E-state index in [0.29, 0.717) is 23.5 Å². The van der Waals surface area contributed by atoms with Gasteiger partial charge in [-0.1, -0.05) is 19.1 Å². The highest BCUT2D eigenvalue weighted by Gasteiger charge is 2.66. The number of halogens is 1. The molecule has 0 bridgehead atoms. The smallest absolute Gasteiger partial charge is 0.269 e. The van der Waals surface area contributed by atoms with Crippen molar-refractivity contribution in [1.29, 1.82) is 0 Å². The van der Waals surface area contributed by atoms with Gasteiger partial charge < -0.3 is 29.5 Å². The van der Waals surface area contributed by atoms with Crippen molar-refractivity contribution in [3.63, 3.8) is 0 Å². The molecule has 12 heteroatoms. The Morgan fingerprint density at radius 1 is 1.32 bits per heavy atom. The Balaban J connectivity index is 1.49. The topological polar surface area (TPSA) is 134 Å². The first-order chi connectivity index (χ1) is 19.5.